The smallest absolute Gasteiger partial charge is 0.258 e. The highest BCUT2D eigenvalue weighted by Crippen LogP contribution is 2.20. The van der Waals surface area contributed by atoms with E-state index in [1.165, 1.54) is 0 Å². The second-order valence-corrected chi connectivity index (χ2v) is 4.12. The van der Waals surface area contributed by atoms with E-state index in [1.54, 1.807) is 6.07 Å². The summed E-state index contributed by atoms with van der Waals surface area (Å²) >= 11 is 0. The van der Waals surface area contributed by atoms with Crippen LogP contribution in [-0.2, 0) is 10.0 Å². The molecule has 0 aliphatic heterocycles. The monoisotopic (exact) mass is 227 g/mol. The third-order valence-electron chi connectivity index (χ3n) is 1.60. The van der Waals surface area contributed by atoms with Crippen molar-refractivity contribution < 1.29 is 13.3 Å². The molecule has 1 aromatic rings. The Morgan fingerprint density at radius 1 is 1.47 bits per heavy atom. The third-order valence-corrected chi connectivity index (χ3v) is 2.55. The van der Waals surface area contributed by atoms with E-state index in [9.17, 15) is 18.5 Å². The number of rotatable bonds is 2. The van der Waals surface area contributed by atoms with Crippen LogP contribution < -0.4 is 5.14 Å². The summed E-state index contributed by atoms with van der Waals surface area (Å²) in [5.74, 6) is 0. The number of primary sulfonamides is 1. The van der Waals surface area contributed by atoms with Crippen molar-refractivity contribution in [3.63, 3.8) is 0 Å². The third kappa shape index (κ3) is 2.28. The first-order valence-corrected chi connectivity index (χ1v) is 5.12. The lowest BCUT2D eigenvalue weighted by Gasteiger charge is -2.00. The average molecular weight is 227 g/mol. The van der Waals surface area contributed by atoms with Gasteiger partial charge in [0.15, 0.2) is 0 Å². The number of hydrogen-bond donors (Lipinski definition) is 1. The van der Waals surface area contributed by atoms with Gasteiger partial charge in [-0.15, -0.1) is 0 Å². The normalized spacial score (nSPS) is 10.7. The molecule has 0 radical (unpaired) electrons. The van der Waals surface area contributed by atoms with Crippen LogP contribution in [0.25, 0.3) is 0 Å². The Balaban J connectivity index is 3.55. The van der Waals surface area contributed by atoms with E-state index in [2.05, 4.69) is 0 Å². The molecule has 0 spiro atoms. The van der Waals surface area contributed by atoms with Gasteiger partial charge in [-0.1, -0.05) is 0 Å². The molecule has 7 nitrogen and oxygen atoms in total. The van der Waals surface area contributed by atoms with Gasteiger partial charge in [0.05, 0.1) is 10.5 Å². The highest BCUT2D eigenvalue weighted by atomic mass is 32.2. The zero-order valence-electron chi connectivity index (χ0n) is 7.25. The fraction of sp³-hybridized carbons (Fsp3) is 0. The fourth-order valence-electron chi connectivity index (χ4n) is 0.952. The Morgan fingerprint density at radius 2 is 2.07 bits per heavy atom. The van der Waals surface area contributed by atoms with Gasteiger partial charge in [-0.2, -0.15) is 5.26 Å². The van der Waals surface area contributed by atoms with Crippen molar-refractivity contribution in [2.75, 3.05) is 0 Å². The number of nitro benzene ring substituents is 1. The van der Waals surface area contributed by atoms with Crippen molar-refractivity contribution in [3.8, 4) is 6.07 Å². The number of nitro groups is 1. The summed E-state index contributed by atoms with van der Waals surface area (Å²) in [5.41, 5.74) is -0.652. The molecule has 1 rings (SSSR count). The molecule has 0 heterocycles. The number of nitrogens with zero attached hydrogens (tertiary/aromatic N) is 2. The van der Waals surface area contributed by atoms with E-state index >= 15 is 0 Å². The maximum absolute atomic E-state index is 11.0. The van der Waals surface area contributed by atoms with Crippen molar-refractivity contribution in [1.82, 2.24) is 0 Å². The predicted octanol–water partition coefficient (Wildman–Crippen LogP) is 0.114. The molecule has 15 heavy (non-hydrogen) atoms. The molecular weight excluding hydrogens is 222 g/mol. The van der Waals surface area contributed by atoms with E-state index in [0.717, 1.165) is 18.2 Å². The van der Waals surface area contributed by atoms with Gasteiger partial charge in [0.1, 0.15) is 11.0 Å². The van der Waals surface area contributed by atoms with Crippen molar-refractivity contribution in [2.45, 2.75) is 4.90 Å². The molecule has 0 amide bonds. The summed E-state index contributed by atoms with van der Waals surface area (Å²) in [5, 5.41) is 23.7. The minimum atomic E-state index is -4.13. The van der Waals surface area contributed by atoms with E-state index in [4.69, 9.17) is 10.4 Å². The van der Waals surface area contributed by atoms with Gasteiger partial charge < -0.3 is 0 Å². The van der Waals surface area contributed by atoms with Crippen LogP contribution in [0.2, 0.25) is 0 Å². The zero-order valence-corrected chi connectivity index (χ0v) is 8.06. The average Bonchev–Trinajstić information content (AvgIpc) is 2.15. The van der Waals surface area contributed by atoms with Crippen molar-refractivity contribution in [2.24, 2.45) is 5.14 Å². The molecule has 0 unspecified atom stereocenters. The fourth-order valence-corrected chi connectivity index (χ4v) is 1.66. The summed E-state index contributed by atoms with van der Waals surface area (Å²) in [6.07, 6.45) is 0. The van der Waals surface area contributed by atoms with Crippen molar-refractivity contribution in [1.29, 1.82) is 5.26 Å². The van der Waals surface area contributed by atoms with Crippen LogP contribution in [0.4, 0.5) is 5.69 Å². The SMILES string of the molecule is N#Cc1ccc([N+](=O)[O-])cc1S(N)(=O)=O. The lowest BCUT2D eigenvalue weighted by atomic mass is 10.2. The Bertz CT molecular complexity index is 558. The van der Waals surface area contributed by atoms with E-state index in [0.29, 0.717) is 0 Å². The van der Waals surface area contributed by atoms with Crippen LogP contribution in [0.1, 0.15) is 5.56 Å². The maximum atomic E-state index is 11.0. The molecule has 8 heteroatoms. The van der Waals surface area contributed by atoms with Gasteiger partial charge in [-0.05, 0) is 6.07 Å². The molecule has 78 valence electrons. The van der Waals surface area contributed by atoms with E-state index in [-0.39, 0.29) is 5.56 Å². The number of benzene rings is 1. The second kappa shape index (κ2) is 3.64. The number of nitrogens with two attached hydrogens (primary N) is 1. The summed E-state index contributed by atoms with van der Waals surface area (Å²) in [6.45, 7) is 0. The Morgan fingerprint density at radius 3 is 2.47 bits per heavy atom. The molecule has 0 aliphatic rings. The Hall–Kier alpha value is -1.98. The lowest BCUT2D eigenvalue weighted by molar-refractivity contribution is -0.385. The molecule has 0 aromatic heterocycles. The van der Waals surface area contributed by atoms with Gasteiger partial charge in [0.2, 0.25) is 10.0 Å². The molecule has 0 fully saturated rings. The minimum absolute atomic E-state index is 0.219. The van der Waals surface area contributed by atoms with Gasteiger partial charge >= 0.3 is 0 Å². The van der Waals surface area contributed by atoms with Crippen LogP contribution in [0.5, 0.6) is 0 Å². The molecule has 0 atom stereocenters. The van der Waals surface area contributed by atoms with Crippen molar-refractivity contribution in [3.05, 3.63) is 33.9 Å². The highest BCUT2D eigenvalue weighted by molar-refractivity contribution is 7.89. The molecule has 1 aromatic carbocycles. The molecule has 0 bridgehead atoms. The number of sulfonamides is 1. The summed E-state index contributed by atoms with van der Waals surface area (Å²) in [4.78, 5) is 9.06. The van der Waals surface area contributed by atoms with Crippen LogP contribution in [0.3, 0.4) is 0 Å². The molecule has 0 saturated heterocycles. The lowest BCUT2D eigenvalue weighted by Crippen LogP contribution is -2.14. The van der Waals surface area contributed by atoms with Crippen LogP contribution in [-0.4, -0.2) is 13.3 Å². The summed E-state index contributed by atoms with van der Waals surface area (Å²) in [6, 6.07) is 4.42. The number of hydrogen-bond acceptors (Lipinski definition) is 5. The minimum Gasteiger partial charge on any atom is -0.258 e. The molecule has 0 aliphatic carbocycles. The van der Waals surface area contributed by atoms with E-state index in [1.807, 2.05) is 0 Å². The summed E-state index contributed by atoms with van der Waals surface area (Å²) in [7, 11) is -4.13. The molecular formula is C7H5N3O4S. The Kier molecular flexibility index (Phi) is 2.69. The van der Waals surface area contributed by atoms with Gasteiger partial charge in [0, 0.05) is 12.1 Å². The molecule has 2 N–H and O–H groups in total. The summed E-state index contributed by atoms with van der Waals surface area (Å²) < 4.78 is 22.0. The first-order chi connectivity index (χ1) is 6.86. The zero-order chi connectivity index (χ0) is 11.6. The van der Waals surface area contributed by atoms with Crippen molar-refractivity contribution >= 4 is 15.7 Å². The Labute approximate surface area is 84.9 Å². The highest BCUT2D eigenvalue weighted by Gasteiger charge is 2.18. The number of non-ortho nitro benzene ring substituents is 1. The second-order valence-electron chi connectivity index (χ2n) is 2.59. The van der Waals surface area contributed by atoms with Crippen LogP contribution in [0.15, 0.2) is 23.1 Å². The van der Waals surface area contributed by atoms with Crippen LogP contribution >= 0.6 is 0 Å². The number of nitriles is 1. The topological polar surface area (TPSA) is 127 Å². The molecule has 0 saturated carbocycles. The predicted molar refractivity (Wildman–Crippen MR) is 49.2 cm³/mol. The van der Waals surface area contributed by atoms with Gasteiger partial charge in [-0.25, -0.2) is 13.6 Å². The largest absolute Gasteiger partial charge is 0.270 e. The standard InChI is InChI=1S/C7H5N3O4S/c8-4-5-1-2-6(10(11)12)3-7(5)15(9,13)14/h1-3H,(H2,9,13,14). The quantitative estimate of drug-likeness (QED) is 0.566. The first-order valence-electron chi connectivity index (χ1n) is 3.57. The first kappa shape index (κ1) is 11.1. The van der Waals surface area contributed by atoms with Gasteiger partial charge in [0.25, 0.3) is 5.69 Å². The maximum Gasteiger partial charge on any atom is 0.270 e. The van der Waals surface area contributed by atoms with Gasteiger partial charge in [-0.3, -0.25) is 10.1 Å². The van der Waals surface area contributed by atoms with E-state index < -0.39 is 25.5 Å². The van der Waals surface area contributed by atoms with Crippen LogP contribution in [0, 0.1) is 21.4 Å².